The standard InChI is InChI=1S/C8H8ClNO/c1-7(11)10(9)8-5-3-2-4-6-8/h2-6H,1H3. The van der Waals surface area contributed by atoms with E-state index in [0.29, 0.717) is 5.69 Å². The Kier molecular flexibility index (Phi) is 2.49. The molecular weight excluding hydrogens is 162 g/mol. The van der Waals surface area contributed by atoms with Crippen molar-refractivity contribution in [3.05, 3.63) is 30.3 Å². The molecule has 0 unspecified atom stereocenters. The van der Waals surface area contributed by atoms with Crippen LogP contribution in [0.25, 0.3) is 0 Å². The van der Waals surface area contributed by atoms with Gasteiger partial charge < -0.3 is 0 Å². The van der Waals surface area contributed by atoms with Crippen molar-refractivity contribution < 1.29 is 4.79 Å². The normalized spacial score (nSPS) is 9.27. The topological polar surface area (TPSA) is 20.3 Å². The Morgan fingerprint density at radius 1 is 1.36 bits per heavy atom. The van der Waals surface area contributed by atoms with Gasteiger partial charge in [-0.15, -0.1) is 0 Å². The first kappa shape index (κ1) is 8.08. The van der Waals surface area contributed by atoms with E-state index in [4.69, 9.17) is 11.8 Å². The number of anilines is 1. The van der Waals surface area contributed by atoms with Crippen LogP contribution in [0.2, 0.25) is 0 Å². The first-order valence-electron chi connectivity index (χ1n) is 3.23. The summed E-state index contributed by atoms with van der Waals surface area (Å²) in [4.78, 5) is 10.7. The lowest BCUT2D eigenvalue weighted by Crippen LogP contribution is -2.15. The van der Waals surface area contributed by atoms with Crippen LogP contribution in [0.15, 0.2) is 30.3 Å². The molecule has 3 heteroatoms. The Bertz CT molecular complexity index is 248. The number of hydrogen-bond acceptors (Lipinski definition) is 1. The molecule has 0 aliphatic carbocycles. The lowest BCUT2D eigenvalue weighted by atomic mass is 10.3. The van der Waals surface area contributed by atoms with Gasteiger partial charge in [0, 0.05) is 18.7 Å². The summed E-state index contributed by atoms with van der Waals surface area (Å²) in [6.07, 6.45) is 0. The van der Waals surface area contributed by atoms with E-state index in [-0.39, 0.29) is 5.91 Å². The minimum absolute atomic E-state index is 0.183. The van der Waals surface area contributed by atoms with Crippen molar-refractivity contribution in [1.29, 1.82) is 0 Å². The number of rotatable bonds is 1. The number of amides is 1. The van der Waals surface area contributed by atoms with Crippen LogP contribution in [0.1, 0.15) is 6.92 Å². The van der Waals surface area contributed by atoms with Gasteiger partial charge in [-0.05, 0) is 12.1 Å². The summed E-state index contributed by atoms with van der Waals surface area (Å²) in [5.41, 5.74) is 0.696. The zero-order valence-corrected chi connectivity index (χ0v) is 6.88. The third-order valence-corrected chi connectivity index (χ3v) is 1.69. The molecule has 11 heavy (non-hydrogen) atoms. The molecule has 0 heterocycles. The quantitative estimate of drug-likeness (QED) is 0.591. The van der Waals surface area contributed by atoms with Gasteiger partial charge in [-0.2, -0.15) is 0 Å². The molecule has 0 aromatic heterocycles. The van der Waals surface area contributed by atoms with E-state index >= 15 is 0 Å². The molecule has 1 aromatic rings. The van der Waals surface area contributed by atoms with E-state index in [0.717, 1.165) is 4.42 Å². The zero-order valence-electron chi connectivity index (χ0n) is 6.12. The monoisotopic (exact) mass is 169 g/mol. The molecule has 58 valence electrons. The summed E-state index contributed by atoms with van der Waals surface area (Å²) < 4.78 is 1.08. The summed E-state index contributed by atoms with van der Waals surface area (Å²) in [6, 6.07) is 9.07. The molecular formula is C8H8ClNO. The number of halogens is 1. The maximum absolute atomic E-state index is 10.7. The number of benzene rings is 1. The molecule has 2 nitrogen and oxygen atoms in total. The summed E-state index contributed by atoms with van der Waals surface area (Å²) in [5.74, 6) is -0.183. The van der Waals surface area contributed by atoms with Crippen molar-refractivity contribution in [1.82, 2.24) is 0 Å². The average molecular weight is 170 g/mol. The van der Waals surface area contributed by atoms with Crippen molar-refractivity contribution in [3.63, 3.8) is 0 Å². The van der Waals surface area contributed by atoms with Gasteiger partial charge in [0.15, 0.2) is 0 Å². The third-order valence-electron chi connectivity index (χ3n) is 1.26. The Morgan fingerprint density at radius 2 is 1.91 bits per heavy atom. The van der Waals surface area contributed by atoms with Crippen molar-refractivity contribution in [2.45, 2.75) is 6.92 Å². The van der Waals surface area contributed by atoms with Gasteiger partial charge in [-0.1, -0.05) is 18.2 Å². The first-order valence-corrected chi connectivity index (χ1v) is 3.57. The van der Waals surface area contributed by atoms with E-state index in [1.807, 2.05) is 18.2 Å². The molecule has 0 saturated carbocycles. The molecule has 1 amide bonds. The van der Waals surface area contributed by atoms with Crippen LogP contribution < -0.4 is 4.42 Å². The Hall–Kier alpha value is -1.02. The fraction of sp³-hybridized carbons (Fsp3) is 0.125. The van der Waals surface area contributed by atoms with Crippen LogP contribution in [-0.2, 0) is 4.79 Å². The molecule has 0 aliphatic rings. The summed E-state index contributed by atoms with van der Waals surface area (Å²) in [5, 5.41) is 0. The van der Waals surface area contributed by atoms with Gasteiger partial charge >= 0.3 is 0 Å². The highest BCUT2D eigenvalue weighted by molar-refractivity contribution is 6.36. The number of para-hydroxylation sites is 1. The van der Waals surface area contributed by atoms with E-state index in [1.54, 1.807) is 12.1 Å². The van der Waals surface area contributed by atoms with Crippen LogP contribution in [0, 0.1) is 0 Å². The van der Waals surface area contributed by atoms with Crippen molar-refractivity contribution in [2.24, 2.45) is 0 Å². The molecule has 0 N–H and O–H groups in total. The predicted octanol–water partition coefficient (Wildman–Crippen LogP) is 2.19. The molecule has 0 aliphatic heterocycles. The number of carbonyl (C=O) groups excluding carboxylic acids is 1. The van der Waals surface area contributed by atoms with Crippen LogP contribution >= 0.6 is 11.8 Å². The second-order valence-corrected chi connectivity index (χ2v) is 2.47. The van der Waals surface area contributed by atoms with Crippen molar-refractivity contribution in [3.8, 4) is 0 Å². The van der Waals surface area contributed by atoms with Crippen LogP contribution in [-0.4, -0.2) is 5.91 Å². The molecule has 0 radical (unpaired) electrons. The molecule has 0 saturated heterocycles. The molecule has 1 rings (SSSR count). The fourth-order valence-corrected chi connectivity index (χ4v) is 0.853. The average Bonchev–Trinajstić information content (AvgIpc) is 2.05. The highest BCUT2D eigenvalue weighted by Crippen LogP contribution is 2.14. The predicted molar refractivity (Wildman–Crippen MR) is 45.5 cm³/mol. The summed E-state index contributed by atoms with van der Waals surface area (Å²) >= 11 is 5.62. The largest absolute Gasteiger partial charge is 0.274 e. The van der Waals surface area contributed by atoms with Crippen LogP contribution in [0.4, 0.5) is 5.69 Å². The van der Waals surface area contributed by atoms with Gasteiger partial charge in [-0.3, -0.25) is 4.79 Å². The summed E-state index contributed by atoms with van der Waals surface area (Å²) in [6.45, 7) is 1.42. The fourth-order valence-electron chi connectivity index (χ4n) is 0.741. The van der Waals surface area contributed by atoms with Gasteiger partial charge in [0.05, 0.1) is 5.69 Å². The Morgan fingerprint density at radius 3 is 2.36 bits per heavy atom. The van der Waals surface area contributed by atoms with Gasteiger partial charge in [0.1, 0.15) is 0 Å². The third kappa shape index (κ3) is 1.95. The zero-order chi connectivity index (χ0) is 8.27. The van der Waals surface area contributed by atoms with Gasteiger partial charge in [0.25, 0.3) is 0 Å². The molecule has 0 bridgehead atoms. The first-order chi connectivity index (χ1) is 5.22. The lowest BCUT2D eigenvalue weighted by molar-refractivity contribution is -0.115. The number of carbonyl (C=O) groups is 1. The second-order valence-electron chi connectivity index (χ2n) is 2.14. The molecule has 0 atom stereocenters. The van der Waals surface area contributed by atoms with Gasteiger partial charge in [-0.25, -0.2) is 4.42 Å². The number of nitrogens with zero attached hydrogens (tertiary/aromatic N) is 1. The van der Waals surface area contributed by atoms with Crippen molar-refractivity contribution >= 4 is 23.4 Å². The minimum atomic E-state index is -0.183. The highest BCUT2D eigenvalue weighted by atomic mass is 35.5. The summed E-state index contributed by atoms with van der Waals surface area (Å²) in [7, 11) is 0. The van der Waals surface area contributed by atoms with Crippen LogP contribution in [0.3, 0.4) is 0 Å². The van der Waals surface area contributed by atoms with Crippen molar-refractivity contribution in [2.75, 3.05) is 4.42 Å². The molecule has 1 aromatic carbocycles. The van der Waals surface area contributed by atoms with Gasteiger partial charge in [0.2, 0.25) is 5.91 Å². The highest BCUT2D eigenvalue weighted by Gasteiger charge is 2.05. The van der Waals surface area contributed by atoms with E-state index in [1.165, 1.54) is 6.92 Å². The van der Waals surface area contributed by atoms with E-state index < -0.39 is 0 Å². The van der Waals surface area contributed by atoms with E-state index in [2.05, 4.69) is 0 Å². The molecule has 0 fully saturated rings. The second kappa shape index (κ2) is 3.39. The Labute approximate surface area is 70.5 Å². The SMILES string of the molecule is CC(=O)N(Cl)c1ccccc1. The smallest absolute Gasteiger partial charge is 0.238 e. The minimum Gasteiger partial charge on any atom is -0.274 e. The van der Waals surface area contributed by atoms with Crippen LogP contribution in [0.5, 0.6) is 0 Å². The van der Waals surface area contributed by atoms with E-state index in [9.17, 15) is 4.79 Å². The Balaban J connectivity index is 2.85. The maximum atomic E-state index is 10.7. The number of hydrogen-bond donors (Lipinski definition) is 0. The molecule has 0 spiro atoms. The maximum Gasteiger partial charge on any atom is 0.238 e. The lowest BCUT2D eigenvalue weighted by Gasteiger charge is -2.09.